The molecule has 1 heterocycles. The molecule has 0 fully saturated rings. The molecule has 0 radical (unpaired) electrons. The molecule has 3 aromatic rings. The summed E-state index contributed by atoms with van der Waals surface area (Å²) in [5.41, 5.74) is 3.80. The standard InChI is InChI=1S/C22H22N2O3/c1-3-18-21(15(2)17-11-7-8-12-19(17)24-18)22(26)27-14-20(25)23-13-16-9-5-4-6-10-16/h4-12H,3,13-14H2,1-2H3,(H,23,25). The number of carbonyl (C=O) groups is 2. The average Bonchev–Trinajstić information content (AvgIpc) is 2.71. The first-order valence-electron chi connectivity index (χ1n) is 8.96. The third-order valence-electron chi connectivity index (χ3n) is 4.43. The summed E-state index contributed by atoms with van der Waals surface area (Å²) in [6.45, 7) is 3.91. The molecule has 0 saturated carbocycles. The number of benzene rings is 2. The van der Waals surface area contributed by atoms with E-state index < -0.39 is 5.97 Å². The number of ether oxygens (including phenoxy) is 1. The van der Waals surface area contributed by atoms with Gasteiger partial charge < -0.3 is 10.1 Å². The van der Waals surface area contributed by atoms with E-state index in [1.54, 1.807) is 0 Å². The molecule has 27 heavy (non-hydrogen) atoms. The highest BCUT2D eigenvalue weighted by atomic mass is 16.5. The summed E-state index contributed by atoms with van der Waals surface area (Å²) in [4.78, 5) is 29.2. The number of nitrogens with one attached hydrogen (secondary N) is 1. The van der Waals surface area contributed by atoms with Crippen LogP contribution in [0.5, 0.6) is 0 Å². The first-order valence-corrected chi connectivity index (χ1v) is 8.96. The third kappa shape index (κ3) is 4.31. The summed E-state index contributed by atoms with van der Waals surface area (Å²) >= 11 is 0. The van der Waals surface area contributed by atoms with Crippen LogP contribution in [0.2, 0.25) is 0 Å². The normalized spacial score (nSPS) is 10.6. The van der Waals surface area contributed by atoms with Gasteiger partial charge >= 0.3 is 5.97 Å². The molecule has 5 heteroatoms. The highest BCUT2D eigenvalue weighted by Gasteiger charge is 2.20. The van der Waals surface area contributed by atoms with Crippen LogP contribution >= 0.6 is 0 Å². The zero-order valence-electron chi connectivity index (χ0n) is 15.5. The number of hydrogen-bond acceptors (Lipinski definition) is 4. The lowest BCUT2D eigenvalue weighted by Gasteiger charge is -2.13. The van der Waals surface area contributed by atoms with E-state index in [0.29, 0.717) is 24.2 Å². The predicted octanol–water partition coefficient (Wildman–Crippen LogP) is 3.58. The fourth-order valence-corrected chi connectivity index (χ4v) is 3.02. The Morgan fingerprint density at radius 1 is 1.04 bits per heavy atom. The van der Waals surface area contributed by atoms with Gasteiger partial charge in [0.1, 0.15) is 0 Å². The van der Waals surface area contributed by atoms with Crippen molar-refractivity contribution < 1.29 is 14.3 Å². The molecule has 1 aromatic heterocycles. The molecular formula is C22H22N2O3. The second kappa shape index (κ2) is 8.45. The number of nitrogens with zero attached hydrogens (tertiary/aromatic N) is 1. The SMILES string of the molecule is CCc1nc2ccccc2c(C)c1C(=O)OCC(=O)NCc1ccccc1. The van der Waals surface area contributed by atoms with Gasteiger partial charge in [0, 0.05) is 11.9 Å². The van der Waals surface area contributed by atoms with Gasteiger partial charge in [-0.15, -0.1) is 0 Å². The van der Waals surface area contributed by atoms with Crippen molar-refractivity contribution in [2.45, 2.75) is 26.8 Å². The lowest BCUT2D eigenvalue weighted by atomic mass is 10.0. The molecule has 3 rings (SSSR count). The van der Waals surface area contributed by atoms with Crippen molar-refractivity contribution >= 4 is 22.8 Å². The van der Waals surface area contributed by atoms with Crippen molar-refractivity contribution in [3.05, 3.63) is 77.0 Å². The van der Waals surface area contributed by atoms with Crippen molar-refractivity contribution in [3.63, 3.8) is 0 Å². The number of esters is 1. The number of carbonyl (C=O) groups excluding carboxylic acids is 2. The van der Waals surface area contributed by atoms with E-state index in [1.807, 2.05) is 68.4 Å². The van der Waals surface area contributed by atoms with Gasteiger partial charge in [0.15, 0.2) is 6.61 Å². The Kier molecular flexibility index (Phi) is 5.81. The van der Waals surface area contributed by atoms with Crippen LogP contribution in [0.4, 0.5) is 0 Å². The van der Waals surface area contributed by atoms with Crippen LogP contribution in [0.1, 0.15) is 34.1 Å². The number of aryl methyl sites for hydroxylation is 2. The number of rotatable bonds is 6. The van der Waals surface area contributed by atoms with E-state index in [1.165, 1.54) is 0 Å². The second-order valence-electron chi connectivity index (χ2n) is 6.27. The van der Waals surface area contributed by atoms with E-state index in [9.17, 15) is 9.59 Å². The van der Waals surface area contributed by atoms with Gasteiger partial charge in [0.2, 0.25) is 0 Å². The van der Waals surface area contributed by atoms with Crippen LogP contribution in [0.15, 0.2) is 54.6 Å². The van der Waals surface area contributed by atoms with Gasteiger partial charge in [0.25, 0.3) is 5.91 Å². The first kappa shape index (κ1) is 18.6. The quantitative estimate of drug-likeness (QED) is 0.681. The summed E-state index contributed by atoms with van der Waals surface area (Å²) < 4.78 is 5.26. The molecule has 2 aromatic carbocycles. The van der Waals surface area contributed by atoms with Gasteiger partial charge in [-0.25, -0.2) is 4.79 Å². The summed E-state index contributed by atoms with van der Waals surface area (Å²) in [6.07, 6.45) is 0.607. The Balaban J connectivity index is 1.69. The van der Waals surface area contributed by atoms with Crippen LogP contribution in [0.3, 0.4) is 0 Å². The van der Waals surface area contributed by atoms with Gasteiger partial charge in [-0.1, -0.05) is 55.5 Å². The Morgan fingerprint density at radius 3 is 2.48 bits per heavy atom. The predicted molar refractivity (Wildman–Crippen MR) is 104 cm³/mol. The van der Waals surface area contributed by atoms with Gasteiger partial charge in [-0.2, -0.15) is 0 Å². The van der Waals surface area contributed by atoms with Crippen LogP contribution in [-0.4, -0.2) is 23.5 Å². The van der Waals surface area contributed by atoms with Gasteiger partial charge in [-0.05, 0) is 30.5 Å². The molecule has 0 bridgehead atoms. The lowest BCUT2D eigenvalue weighted by molar-refractivity contribution is -0.124. The zero-order chi connectivity index (χ0) is 19.2. The number of fused-ring (bicyclic) bond motifs is 1. The number of pyridine rings is 1. The largest absolute Gasteiger partial charge is 0.452 e. The molecule has 0 saturated heterocycles. The highest BCUT2D eigenvalue weighted by molar-refractivity contribution is 5.99. The van der Waals surface area contributed by atoms with E-state index >= 15 is 0 Å². The van der Waals surface area contributed by atoms with Crippen LogP contribution in [-0.2, 0) is 22.5 Å². The van der Waals surface area contributed by atoms with E-state index in [-0.39, 0.29) is 12.5 Å². The number of aromatic nitrogens is 1. The maximum Gasteiger partial charge on any atom is 0.340 e. The molecule has 0 spiro atoms. The Morgan fingerprint density at radius 2 is 1.74 bits per heavy atom. The van der Waals surface area contributed by atoms with Gasteiger partial charge in [0.05, 0.1) is 16.8 Å². The number of hydrogen-bond donors (Lipinski definition) is 1. The molecular weight excluding hydrogens is 340 g/mol. The lowest BCUT2D eigenvalue weighted by Crippen LogP contribution is -2.28. The first-order chi connectivity index (χ1) is 13.1. The van der Waals surface area contributed by atoms with Crippen LogP contribution in [0, 0.1) is 6.92 Å². The summed E-state index contributed by atoms with van der Waals surface area (Å²) in [7, 11) is 0. The van der Waals surface area contributed by atoms with E-state index in [0.717, 1.165) is 22.0 Å². The smallest absolute Gasteiger partial charge is 0.340 e. The van der Waals surface area contributed by atoms with Crippen molar-refractivity contribution in [3.8, 4) is 0 Å². The molecule has 0 aliphatic carbocycles. The minimum absolute atomic E-state index is 0.318. The summed E-state index contributed by atoms with van der Waals surface area (Å²) in [5, 5.41) is 3.66. The van der Waals surface area contributed by atoms with Crippen LogP contribution in [0.25, 0.3) is 10.9 Å². The van der Waals surface area contributed by atoms with E-state index in [4.69, 9.17) is 4.74 Å². The maximum absolute atomic E-state index is 12.6. The molecule has 0 aliphatic rings. The Bertz CT molecular complexity index is 968. The zero-order valence-corrected chi connectivity index (χ0v) is 15.5. The summed E-state index contributed by atoms with van der Waals surface area (Å²) in [6, 6.07) is 17.3. The minimum Gasteiger partial charge on any atom is -0.452 e. The van der Waals surface area contributed by atoms with Crippen molar-refractivity contribution in [1.29, 1.82) is 0 Å². The fraction of sp³-hybridized carbons (Fsp3) is 0.227. The molecule has 0 atom stereocenters. The van der Waals surface area contributed by atoms with E-state index in [2.05, 4.69) is 10.3 Å². The number of para-hydroxylation sites is 1. The van der Waals surface area contributed by atoms with Crippen molar-refractivity contribution in [2.75, 3.05) is 6.61 Å². The monoisotopic (exact) mass is 362 g/mol. The Labute approximate surface area is 158 Å². The molecule has 0 unspecified atom stereocenters. The molecule has 0 aliphatic heterocycles. The highest BCUT2D eigenvalue weighted by Crippen LogP contribution is 2.24. The topological polar surface area (TPSA) is 68.3 Å². The van der Waals surface area contributed by atoms with Crippen molar-refractivity contribution in [1.82, 2.24) is 10.3 Å². The second-order valence-corrected chi connectivity index (χ2v) is 6.27. The summed E-state index contributed by atoms with van der Waals surface area (Å²) in [5.74, 6) is -0.853. The Hall–Kier alpha value is -3.21. The van der Waals surface area contributed by atoms with Crippen molar-refractivity contribution in [2.24, 2.45) is 0 Å². The fourth-order valence-electron chi connectivity index (χ4n) is 3.02. The molecule has 5 nitrogen and oxygen atoms in total. The third-order valence-corrected chi connectivity index (χ3v) is 4.43. The average molecular weight is 362 g/mol. The maximum atomic E-state index is 12.6. The van der Waals surface area contributed by atoms with Crippen LogP contribution < -0.4 is 5.32 Å². The number of amides is 1. The molecule has 1 amide bonds. The molecule has 138 valence electrons. The minimum atomic E-state index is -0.516. The molecule has 1 N–H and O–H groups in total. The van der Waals surface area contributed by atoms with Gasteiger partial charge in [-0.3, -0.25) is 9.78 Å².